The number of carbonyl (C=O) groups excluding carboxylic acids is 1. The van der Waals surface area contributed by atoms with E-state index in [1.165, 1.54) is 35.1 Å². The highest BCUT2D eigenvalue weighted by atomic mass is 35.5. The second-order valence-corrected chi connectivity index (χ2v) is 10.2. The first kappa shape index (κ1) is 23.1. The second kappa shape index (κ2) is 10.7. The Morgan fingerprint density at radius 3 is 2.84 bits per heavy atom. The molecule has 0 spiro atoms. The molecule has 2 aromatic heterocycles. The average molecular weight is 503 g/mol. The van der Waals surface area contributed by atoms with E-state index in [0.717, 1.165) is 42.0 Å². The van der Waals surface area contributed by atoms with Crippen LogP contribution in [0.4, 0.5) is 5.13 Å². The number of aryl methyl sites for hydroxylation is 2. The van der Waals surface area contributed by atoms with Crippen LogP contribution in [0.1, 0.15) is 42.5 Å². The van der Waals surface area contributed by atoms with Crippen molar-refractivity contribution in [3.05, 3.63) is 56.5 Å². The number of thioether (sulfide) groups is 1. The van der Waals surface area contributed by atoms with Crippen LogP contribution in [0, 0.1) is 11.3 Å². The van der Waals surface area contributed by atoms with Gasteiger partial charge in [0.15, 0.2) is 5.13 Å². The first-order valence-corrected chi connectivity index (χ1v) is 12.9. The van der Waals surface area contributed by atoms with Crippen LogP contribution in [0.15, 0.2) is 34.7 Å². The highest BCUT2D eigenvalue weighted by Gasteiger charge is 2.16. The van der Waals surface area contributed by atoms with Crippen molar-refractivity contribution in [2.75, 3.05) is 11.1 Å². The summed E-state index contributed by atoms with van der Waals surface area (Å²) in [6, 6.07) is 9.47. The molecule has 1 N–H and O–H groups in total. The molecule has 9 heteroatoms. The fraction of sp³-hybridized carbons (Fsp3) is 0.304. The van der Waals surface area contributed by atoms with Gasteiger partial charge in [0.05, 0.1) is 16.3 Å². The van der Waals surface area contributed by atoms with E-state index in [9.17, 15) is 10.1 Å². The second-order valence-electron chi connectivity index (χ2n) is 7.43. The minimum atomic E-state index is -0.131. The normalized spacial score (nSPS) is 13.2. The quantitative estimate of drug-likeness (QED) is 0.297. The summed E-state index contributed by atoms with van der Waals surface area (Å²) in [5, 5.41) is 16.5. The summed E-state index contributed by atoms with van der Waals surface area (Å²) in [5.41, 5.74) is 4.35. The Hall–Kier alpha value is -2.11. The molecule has 0 fully saturated rings. The fourth-order valence-electron chi connectivity index (χ4n) is 3.56. The fourth-order valence-corrected chi connectivity index (χ4v) is 5.70. The number of benzene rings is 1. The van der Waals surface area contributed by atoms with Crippen molar-refractivity contribution in [1.29, 1.82) is 5.26 Å². The van der Waals surface area contributed by atoms with Gasteiger partial charge in [-0.15, -0.1) is 23.1 Å². The van der Waals surface area contributed by atoms with Crippen LogP contribution in [0.2, 0.25) is 10.0 Å². The molecule has 0 saturated carbocycles. The van der Waals surface area contributed by atoms with Gasteiger partial charge in [-0.2, -0.15) is 5.26 Å². The number of anilines is 1. The van der Waals surface area contributed by atoms with Gasteiger partial charge in [-0.05, 0) is 55.5 Å². The SMILES string of the molecule is N#Cc1cc2c(nc1SCCC(=O)Nc1nc(-c3ccc(Cl)cc3Cl)cs1)CCCCC2. The van der Waals surface area contributed by atoms with Crippen LogP contribution < -0.4 is 5.32 Å². The zero-order valence-electron chi connectivity index (χ0n) is 17.2. The number of rotatable bonds is 6. The number of aromatic nitrogens is 2. The largest absolute Gasteiger partial charge is 0.302 e. The summed E-state index contributed by atoms with van der Waals surface area (Å²) in [7, 11) is 0. The van der Waals surface area contributed by atoms with Crippen LogP contribution in [-0.2, 0) is 17.6 Å². The molecular weight excluding hydrogens is 483 g/mol. The number of fused-ring (bicyclic) bond motifs is 1. The predicted octanol–water partition coefficient (Wildman–Crippen LogP) is 6.77. The molecule has 32 heavy (non-hydrogen) atoms. The van der Waals surface area contributed by atoms with Crippen molar-refractivity contribution in [2.24, 2.45) is 0 Å². The Morgan fingerprint density at radius 1 is 1.19 bits per heavy atom. The van der Waals surface area contributed by atoms with Crippen LogP contribution in [0.25, 0.3) is 11.3 Å². The monoisotopic (exact) mass is 502 g/mol. The average Bonchev–Trinajstić information content (AvgIpc) is 3.09. The number of halogens is 2. The number of hydrogen-bond donors (Lipinski definition) is 1. The lowest BCUT2D eigenvalue weighted by Gasteiger charge is -2.09. The lowest BCUT2D eigenvalue weighted by molar-refractivity contribution is -0.115. The van der Waals surface area contributed by atoms with Gasteiger partial charge < -0.3 is 5.32 Å². The maximum Gasteiger partial charge on any atom is 0.226 e. The molecule has 0 aliphatic heterocycles. The van der Waals surface area contributed by atoms with Gasteiger partial charge in [-0.1, -0.05) is 29.6 Å². The standard InChI is InChI=1S/C23H20Cl2N4OS2/c24-16-6-7-17(18(25)11-16)20-13-32-23(28-20)29-21(30)8-9-31-22-15(12-26)10-14-4-2-1-3-5-19(14)27-22/h6-7,10-11,13H,1-5,8-9H2,(H,28,29,30). The third kappa shape index (κ3) is 5.62. The Balaban J connectivity index is 1.35. The van der Waals surface area contributed by atoms with E-state index in [0.29, 0.717) is 38.6 Å². The Kier molecular flexibility index (Phi) is 7.69. The molecule has 0 bridgehead atoms. The molecule has 164 valence electrons. The van der Waals surface area contributed by atoms with Gasteiger partial charge in [0.1, 0.15) is 11.1 Å². The number of thiazole rings is 1. The molecule has 1 amide bonds. The topological polar surface area (TPSA) is 78.7 Å². The zero-order valence-corrected chi connectivity index (χ0v) is 20.3. The summed E-state index contributed by atoms with van der Waals surface area (Å²) >= 11 is 15.0. The van der Waals surface area contributed by atoms with E-state index in [2.05, 4.69) is 16.4 Å². The number of nitriles is 1. The van der Waals surface area contributed by atoms with Crippen molar-refractivity contribution in [2.45, 2.75) is 43.6 Å². The van der Waals surface area contributed by atoms with E-state index in [1.807, 2.05) is 17.5 Å². The minimum Gasteiger partial charge on any atom is -0.302 e. The maximum absolute atomic E-state index is 12.4. The van der Waals surface area contributed by atoms with E-state index in [1.54, 1.807) is 12.1 Å². The predicted molar refractivity (Wildman–Crippen MR) is 132 cm³/mol. The summed E-state index contributed by atoms with van der Waals surface area (Å²) in [6.45, 7) is 0. The van der Waals surface area contributed by atoms with E-state index >= 15 is 0 Å². The zero-order chi connectivity index (χ0) is 22.5. The maximum atomic E-state index is 12.4. The van der Waals surface area contributed by atoms with E-state index in [-0.39, 0.29) is 5.91 Å². The number of nitrogens with one attached hydrogen (secondary N) is 1. The van der Waals surface area contributed by atoms with Gasteiger partial charge >= 0.3 is 0 Å². The van der Waals surface area contributed by atoms with Crippen molar-refractivity contribution < 1.29 is 4.79 Å². The molecule has 3 aromatic rings. The van der Waals surface area contributed by atoms with Crippen molar-refractivity contribution in [3.8, 4) is 17.3 Å². The number of carbonyl (C=O) groups is 1. The summed E-state index contributed by atoms with van der Waals surface area (Å²) in [6.07, 6.45) is 5.72. The van der Waals surface area contributed by atoms with Gasteiger partial charge in [0.2, 0.25) is 5.91 Å². The molecule has 0 saturated heterocycles. The molecular formula is C23H20Cl2N4OS2. The molecule has 4 rings (SSSR count). The molecule has 1 aliphatic carbocycles. The van der Waals surface area contributed by atoms with E-state index < -0.39 is 0 Å². The molecule has 5 nitrogen and oxygen atoms in total. The minimum absolute atomic E-state index is 0.131. The van der Waals surface area contributed by atoms with Gasteiger partial charge in [-0.3, -0.25) is 4.79 Å². The van der Waals surface area contributed by atoms with Crippen molar-refractivity contribution in [3.63, 3.8) is 0 Å². The molecule has 0 unspecified atom stereocenters. The molecule has 1 aliphatic rings. The first-order valence-electron chi connectivity index (χ1n) is 10.3. The van der Waals surface area contributed by atoms with Crippen LogP contribution in [0.5, 0.6) is 0 Å². The lowest BCUT2D eigenvalue weighted by Crippen LogP contribution is -2.12. The van der Waals surface area contributed by atoms with Crippen molar-refractivity contribution >= 4 is 57.3 Å². The molecule has 1 aromatic carbocycles. The van der Waals surface area contributed by atoms with Gasteiger partial charge in [0, 0.05) is 33.8 Å². The third-order valence-corrected chi connectivity index (χ3v) is 7.46. The van der Waals surface area contributed by atoms with Crippen LogP contribution in [-0.4, -0.2) is 21.6 Å². The summed E-state index contributed by atoms with van der Waals surface area (Å²) in [4.78, 5) is 21.6. The van der Waals surface area contributed by atoms with Gasteiger partial charge in [0.25, 0.3) is 0 Å². The number of amides is 1. The highest BCUT2D eigenvalue weighted by Crippen LogP contribution is 2.32. The number of nitrogens with zero attached hydrogens (tertiary/aromatic N) is 3. The molecule has 0 atom stereocenters. The van der Waals surface area contributed by atoms with Crippen LogP contribution in [0.3, 0.4) is 0 Å². The Labute approximate surface area is 205 Å². The first-order chi connectivity index (χ1) is 15.5. The molecule has 0 radical (unpaired) electrons. The summed E-state index contributed by atoms with van der Waals surface area (Å²) in [5.74, 6) is 0.405. The third-order valence-electron chi connectivity index (χ3n) is 5.16. The number of hydrogen-bond acceptors (Lipinski definition) is 6. The number of pyridine rings is 1. The molecule has 2 heterocycles. The Morgan fingerprint density at radius 2 is 2.03 bits per heavy atom. The Bertz CT molecular complexity index is 1190. The summed E-state index contributed by atoms with van der Waals surface area (Å²) < 4.78 is 0. The van der Waals surface area contributed by atoms with Crippen molar-refractivity contribution in [1.82, 2.24) is 9.97 Å². The smallest absolute Gasteiger partial charge is 0.226 e. The van der Waals surface area contributed by atoms with E-state index in [4.69, 9.17) is 28.2 Å². The van der Waals surface area contributed by atoms with Gasteiger partial charge in [-0.25, -0.2) is 9.97 Å². The van der Waals surface area contributed by atoms with Crippen LogP contribution >= 0.6 is 46.3 Å². The lowest BCUT2D eigenvalue weighted by atomic mass is 10.1. The highest BCUT2D eigenvalue weighted by molar-refractivity contribution is 7.99.